The highest BCUT2D eigenvalue weighted by atomic mass is 32.2. The third kappa shape index (κ3) is 4.93. The predicted molar refractivity (Wildman–Crippen MR) is 123 cm³/mol. The second kappa shape index (κ2) is 8.87. The number of amides is 1. The molecule has 0 radical (unpaired) electrons. The van der Waals surface area contributed by atoms with Crippen molar-refractivity contribution in [2.24, 2.45) is 13.0 Å². The molecule has 0 spiro atoms. The average molecular weight is 480 g/mol. The largest absolute Gasteiger partial charge is 0.336 e. The normalized spacial score (nSPS) is 19.0. The molecule has 0 aliphatic carbocycles. The monoisotopic (exact) mass is 479 g/mol. The van der Waals surface area contributed by atoms with E-state index < -0.39 is 9.84 Å². The number of carbonyl (C=O) groups excluding carboxylic acids is 1. The third-order valence-electron chi connectivity index (χ3n) is 5.69. The van der Waals surface area contributed by atoms with Gasteiger partial charge in [-0.3, -0.25) is 4.79 Å². The van der Waals surface area contributed by atoms with Crippen molar-refractivity contribution in [2.75, 3.05) is 24.3 Å². The molecular weight excluding hydrogens is 454 g/mol. The minimum atomic E-state index is -2.91. The summed E-state index contributed by atoms with van der Waals surface area (Å²) in [6.07, 6.45) is 1.26. The Morgan fingerprint density at radius 1 is 1.35 bits per heavy atom. The van der Waals surface area contributed by atoms with E-state index in [0.717, 1.165) is 21.0 Å². The van der Waals surface area contributed by atoms with Crippen LogP contribution in [0.3, 0.4) is 0 Å². The summed E-state index contributed by atoms with van der Waals surface area (Å²) in [6, 6.07) is 7.84. The second-order valence-electron chi connectivity index (χ2n) is 7.92. The molecule has 0 saturated carbocycles. The molecule has 0 bridgehead atoms. The molecule has 166 valence electrons. The molecular formula is C20H25N5O3S3. The van der Waals surface area contributed by atoms with Gasteiger partial charge < -0.3 is 9.47 Å². The summed E-state index contributed by atoms with van der Waals surface area (Å²) < 4.78 is 26.3. The molecule has 1 saturated heterocycles. The van der Waals surface area contributed by atoms with E-state index in [2.05, 4.69) is 15.2 Å². The summed E-state index contributed by atoms with van der Waals surface area (Å²) in [7, 11) is 0.745. The SMILES string of the molecule is C[C@@H](c1nc2ccccc2s1)N(C)C(=O)CSc1nnc(C[C@H]2CCS(=O)(=O)C2)n1C. The van der Waals surface area contributed by atoms with Crippen LogP contribution in [0.25, 0.3) is 10.2 Å². The van der Waals surface area contributed by atoms with Crippen molar-refractivity contribution in [3.05, 3.63) is 35.1 Å². The summed E-state index contributed by atoms with van der Waals surface area (Å²) in [5.41, 5.74) is 0.950. The molecule has 2 aromatic heterocycles. The van der Waals surface area contributed by atoms with Crippen molar-refractivity contribution in [1.29, 1.82) is 0 Å². The molecule has 4 rings (SSSR count). The lowest BCUT2D eigenvalue weighted by Gasteiger charge is -2.23. The van der Waals surface area contributed by atoms with Crippen LogP contribution in [0.15, 0.2) is 29.4 Å². The van der Waals surface area contributed by atoms with Crippen LogP contribution in [0.5, 0.6) is 0 Å². The van der Waals surface area contributed by atoms with E-state index >= 15 is 0 Å². The van der Waals surface area contributed by atoms with Crippen LogP contribution in [0, 0.1) is 5.92 Å². The van der Waals surface area contributed by atoms with Crippen molar-refractivity contribution in [2.45, 2.75) is 31.0 Å². The van der Waals surface area contributed by atoms with Gasteiger partial charge in [-0.05, 0) is 31.4 Å². The maximum Gasteiger partial charge on any atom is 0.233 e. The van der Waals surface area contributed by atoms with E-state index in [1.54, 1.807) is 23.3 Å². The molecule has 1 aromatic carbocycles. The molecule has 3 heterocycles. The second-order valence-corrected chi connectivity index (χ2v) is 12.2. The first kappa shape index (κ1) is 22.2. The quantitative estimate of drug-likeness (QED) is 0.481. The fraction of sp³-hybridized carbons (Fsp3) is 0.500. The fourth-order valence-electron chi connectivity index (χ4n) is 3.62. The fourth-order valence-corrected chi connectivity index (χ4v) is 7.40. The molecule has 3 aromatic rings. The minimum Gasteiger partial charge on any atom is -0.336 e. The van der Waals surface area contributed by atoms with E-state index in [9.17, 15) is 13.2 Å². The number of aromatic nitrogens is 4. The van der Waals surface area contributed by atoms with Crippen LogP contribution in [0.1, 0.15) is 30.2 Å². The Bertz CT molecular complexity index is 1170. The van der Waals surface area contributed by atoms with E-state index in [4.69, 9.17) is 0 Å². The van der Waals surface area contributed by atoms with Crippen LogP contribution < -0.4 is 0 Å². The van der Waals surface area contributed by atoms with E-state index in [1.165, 1.54) is 11.8 Å². The number of sulfone groups is 1. The Hall–Kier alpha value is -1.98. The maximum atomic E-state index is 12.8. The number of hydrogen-bond donors (Lipinski definition) is 0. The van der Waals surface area contributed by atoms with Crippen LogP contribution in [-0.4, -0.2) is 63.3 Å². The van der Waals surface area contributed by atoms with E-state index in [-0.39, 0.29) is 35.1 Å². The first-order chi connectivity index (χ1) is 14.7. The molecule has 1 amide bonds. The lowest BCUT2D eigenvalue weighted by atomic mass is 10.1. The lowest BCUT2D eigenvalue weighted by Crippen LogP contribution is -2.31. The van der Waals surface area contributed by atoms with Gasteiger partial charge in [-0.2, -0.15) is 0 Å². The number of thioether (sulfide) groups is 1. The van der Waals surface area contributed by atoms with Gasteiger partial charge in [-0.15, -0.1) is 21.5 Å². The standard InChI is InChI=1S/C20H25N5O3S3/c1-13(19-21-15-6-4-5-7-16(15)30-19)24(2)18(26)11-29-20-23-22-17(25(20)3)10-14-8-9-31(27,28)12-14/h4-7,13-14H,8-12H2,1-3H3/t13-,14+/m0/s1. The first-order valence-corrected chi connectivity index (χ1v) is 13.7. The Kier molecular flexibility index (Phi) is 6.36. The highest BCUT2D eigenvalue weighted by Gasteiger charge is 2.29. The summed E-state index contributed by atoms with van der Waals surface area (Å²) >= 11 is 2.95. The van der Waals surface area contributed by atoms with E-state index in [0.29, 0.717) is 18.0 Å². The van der Waals surface area contributed by atoms with Crippen molar-refractivity contribution in [3.63, 3.8) is 0 Å². The zero-order valence-corrected chi connectivity index (χ0v) is 20.1. The molecule has 11 heteroatoms. The molecule has 0 unspecified atom stereocenters. The predicted octanol–water partition coefficient (Wildman–Crippen LogP) is 2.71. The van der Waals surface area contributed by atoms with Crippen molar-refractivity contribution in [1.82, 2.24) is 24.6 Å². The molecule has 0 N–H and O–H groups in total. The molecule has 1 fully saturated rings. The Morgan fingerprint density at radius 2 is 2.13 bits per heavy atom. The topological polar surface area (TPSA) is 98.1 Å². The zero-order valence-electron chi connectivity index (χ0n) is 17.7. The summed E-state index contributed by atoms with van der Waals surface area (Å²) in [6.45, 7) is 1.98. The summed E-state index contributed by atoms with van der Waals surface area (Å²) in [5.74, 6) is 1.56. The number of benzene rings is 1. The minimum absolute atomic E-state index is 0.0109. The third-order valence-corrected chi connectivity index (χ3v) is 9.74. The number of thiazole rings is 1. The van der Waals surface area contributed by atoms with Gasteiger partial charge in [0, 0.05) is 20.5 Å². The number of carbonyl (C=O) groups is 1. The highest BCUT2D eigenvalue weighted by molar-refractivity contribution is 7.99. The lowest BCUT2D eigenvalue weighted by molar-refractivity contribution is -0.128. The van der Waals surface area contributed by atoms with Crippen molar-refractivity contribution in [3.8, 4) is 0 Å². The van der Waals surface area contributed by atoms with Gasteiger partial charge in [-0.25, -0.2) is 13.4 Å². The van der Waals surface area contributed by atoms with Gasteiger partial charge in [0.05, 0.1) is 33.5 Å². The molecule has 8 nitrogen and oxygen atoms in total. The van der Waals surface area contributed by atoms with Gasteiger partial charge in [-0.1, -0.05) is 23.9 Å². The average Bonchev–Trinajstić information content (AvgIpc) is 3.42. The van der Waals surface area contributed by atoms with E-state index in [1.807, 2.05) is 42.8 Å². The van der Waals surface area contributed by atoms with Crippen molar-refractivity contribution >= 4 is 49.1 Å². The smallest absolute Gasteiger partial charge is 0.233 e. The maximum absolute atomic E-state index is 12.8. The number of fused-ring (bicyclic) bond motifs is 1. The summed E-state index contributed by atoms with van der Waals surface area (Å²) in [5, 5.41) is 9.99. The van der Waals surface area contributed by atoms with Crippen LogP contribution in [0.4, 0.5) is 0 Å². The number of nitrogens with zero attached hydrogens (tertiary/aromatic N) is 5. The molecule has 1 aliphatic rings. The highest BCUT2D eigenvalue weighted by Crippen LogP contribution is 2.29. The molecule has 31 heavy (non-hydrogen) atoms. The van der Waals surface area contributed by atoms with Crippen LogP contribution >= 0.6 is 23.1 Å². The van der Waals surface area contributed by atoms with Crippen LogP contribution in [0.2, 0.25) is 0 Å². The van der Waals surface area contributed by atoms with Gasteiger partial charge in [0.15, 0.2) is 15.0 Å². The molecule has 2 atom stereocenters. The Morgan fingerprint density at radius 3 is 2.84 bits per heavy atom. The number of para-hydroxylation sites is 1. The van der Waals surface area contributed by atoms with Gasteiger partial charge >= 0.3 is 0 Å². The first-order valence-electron chi connectivity index (χ1n) is 10.1. The number of rotatable bonds is 7. The Labute approximate surface area is 190 Å². The summed E-state index contributed by atoms with van der Waals surface area (Å²) in [4.78, 5) is 19.1. The Balaban J connectivity index is 1.35. The van der Waals surface area contributed by atoms with Crippen LogP contribution in [-0.2, 0) is 28.1 Å². The van der Waals surface area contributed by atoms with Gasteiger partial charge in [0.1, 0.15) is 10.8 Å². The van der Waals surface area contributed by atoms with Gasteiger partial charge in [0.2, 0.25) is 5.91 Å². The molecule has 1 aliphatic heterocycles. The number of hydrogen-bond acceptors (Lipinski definition) is 8. The zero-order chi connectivity index (χ0) is 22.2. The van der Waals surface area contributed by atoms with Gasteiger partial charge in [0.25, 0.3) is 0 Å². The van der Waals surface area contributed by atoms with Crippen molar-refractivity contribution < 1.29 is 13.2 Å².